The fourth-order valence-corrected chi connectivity index (χ4v) is 5.10. The van der Waals surface area contributed by atoms with Gasteiger partial charge in [-0.3, -0.25) is 0 Å². The number of fused-ring (bicyclic) bond motifs is 8. The Hall–Kier alpha value is -1.60. The number of halogens is 1. The summed E-state index contributed by atoms with van der Waals surface area (Å²) in [7, 11) is 1.41. The molecule has 2 bridgehead atoms. The van der Waals surface area contributed by atoms with Crippen molar-refractivity contribution in [2.45, 2.75) is 24.6 Å². The van der Waals surface area contributed by atoms with Crippen LogP contribution in [0.25, 0.3) is 0 Å². The van der Waals surface area contributed by atoms with Crippen LogP contribution in [0.1, 0.15) is 12.0 Å². The van der Waals surface area contributed by atoms with E-state index in [0.29, 0.717) is 23.8 Å². The van der Waals surface area contributed by atoms with Crippen LogP contribution < -0.4 is 5.43 Å². The van der Waals surface area contributed by atoms with Crippen LogP contribution in [0, 0.1) is 17.8 Å². The van der Waals surface area contributed by atoms with Crippen molar-refractivity contribution in [3.63, 3.8) is 0 Å². The predicted molar refractivity (Wildman–Crippen MR) is 85.6 cm³/mol. The quantitative estimate of drug-likeness (QED) is 0.814. The molecular formula is C16H16BrN3O3. The lowest BCUT2D eigenvalue weighted by molar-refractivity contribution is -0.0954. The molecule has 5 rings (SSSR count). The summed E-state index contributed by atoms with van der Waals surface area (Å²) in [6.45, 7) is 0. The van der Waals surface area contributed by atoms with E-state index >= 15 is 0 Å². The van der Waals surface area contributed by atoms with Crippen molar-refractivity contribution in [3.05, 3.63) is 34.3 Å². The molecule has 6 atom stereocenters. The van der Waals surface area contributed by atoms with E-state index in [0.717, 1.165) is 22.2 Å². The third kappa shape index (κ3) is 1.72. The number of hydrogen-bond acceptors (Lipinski definition) is 5. The van der Waals surface area contributed by atoms with Gasteiger partial charge in [-0.15, -0.1) is 0 Å². The van der Waals surface area contributed by atoms with E-state index in [4.69, 9.17) is 9.57 Å². The number of rotatable bonds is 1. The first-order valence-corrected chi connectivity index (χ1v) is 8.61. The lowest BCUT2D eigenvalue weighted by Gasteiger charge is -2.51. The summed E-state index contributed by atoms with van der Waals surface area (Å²) < 4.78 is 5.89. The van der Waals surface area contributed by atoms with Gasteiger partial charge >= 0.3 is 6.09 Å². The van der Waals surface area contributed by atoms with E-state index in [-0.39, 0.29) is 18.2 Å². The zero-order chi connectivity index (χ0) is 15.7. The molecule has 2 saturated carbocycles. The van der Waals surface area contributed by atoms with Crippen molar-refractivity contribution in [1.29, 1.82) is 0 Å². The van der Waals surface area contributed by atoms with E-state index in [9.17, 15) is 4.79 Å². The van der Waals surface area contributed by atoms with Gasteiger partial charge in [0, 0.05) is 16.3 Å². The standard InChI is InChI=1S/C16H16BrN3O3/c1-22-16(21)20-14-10-6-9(13(14)18-20)11-12(19-23-15(10)11)7-2-4-8(17)5-3-7/h2-5,9-11,13-15,18H,6H2,1H3/t9-,10-,11?,13-,14+,15?/m0/s1. The summed E-state index contributed by atoms with van der Waals surface area (Å²) in [5, 5.41) is 6.00. The number of methoxy groups -OCH3 is 1. The maximum absolute atomic E-state index is 11.8. The van der Waals surface area contributed by atoms with E-state index in [1.807, 2.05) is 12.1 Å². The third-order valence-electron chi connectivity index (χ3n) is 5.74. The predicted octanol–water partition coefficient (Wildman–Crippen LogP) is 2.14. The fourth-order valence-electron chi connectivity index (χ4n) is 4.84. The summed E-state index contributed by atoms with van der Waals surface area (Å²) in [6.07, 6.45) is 0.831. The van der Waals surface area contributed by atoms with Gasteiger partial charge in [-0.2, -0.15) is 0 Å². The average molecular weight is 378 g/mol. The maximum Gasteiger partial charge on any atom is 0.424 e. The minimum Gasteiger partial charge on any atom is -0.452 e. The van der Waals surface area contributed by atoms with Crippen LogP contribution in [-0.2, 0) is 9.57 Å². The van der Waals surface area contributed by atoms with Crippen LogP contribution in [0.15, 0.2) is 33.9 Å². The van der Waals surface area contributed by atoms with Gasteiger partial charge < -0.3 is 9.57 Å². The summed E-state index contributed by atoms with van der Waals surface area (Å²) >= 11 is 3.47. The second-order valence-corrected chi connectivity index (χ2v) is 7.54. The summed E-state index contributed by atoms with van der Waals surface area (Å²) in [5.74, 6) is 1.10. The first kappa shape index (κ1) is 13.8. The first-order chi connectivity index (χ1) is 11.2. The van der Waals surface area contributed by atoms with E-state index in [1.54, 1.807) is 5.01 Å². The molecule has 1 aromatic carbocycles. The number of hydrazine groups is 1. The summed E-state index contributed by atoms with van der Waals surface area (Å²) in [6, 6.07) is 8.71. The van der Waals surface area contributed by atoms with Crippen LogP contribution in [0.4, 0.5) is 4.79 Å². The van der Waals surface area contributed by atoms with E-state index < -0.39 is 0 Å². The number of oxime groups is 1. The van der Waals surface area contributed by atoms with Crippen molar-refractivity contribution in [3.8, 4) is 0 Å². The molecule has 0 aromatic heterocycles. The molecule has 2 aliphatic heterocycles. The Morgan fingerprint density at radius 1 is 1.39 bits per heavy atom. The maximum atomic E-state index is 11.8. The van der Waals surface area contributed by atoms with Gasteiger partial charge in [-0.25, -0.2) is 15.2 Å². The monoisotopic (exact) mass is 377 g/mol. The molecule has 1 aromatic rings. The van der Waals surface area contributed by atoms with Crippen LogP contribution in [0.5, 0.6) is 0 Å². The Morgan fingerprint density at radius 2 is 2.17 bits per heavy atom. The van der Waals surface area contributed by atoms with Crippen molar-refractivity contribution >= 4 is 27.7 Å². The zero-order valence-corrected chi connectivity index (χ0v) is 14.1. The van der Waals surface area contributed by atoms with Gasteiger partial charge in [-0.05, 0) is 30.0 Å². The number of ether oxygens (including phenoxy) is 1. The molecule has 2 heterocycles. The molecule has 23 heavy (non-hydrogen) atoms. The lowest BCUT2D eigenvalue weighted by atomic mass is 9.75. The molecule has 120 valence electrons. The Morgan fingerprint density at radius 3 is 2.91 bits per heavy atom. The Balaban J connectivity index is 1.41. The highest BCUT2D eigenvalue weighted by Crippen LogP contribution is 2.57. The summed E-state index contributed by atoms with van der Waals surface area (Å²) in [5.41, 5.74) is 5.43. The van der Waals surface area contributed by atoms with E-state index in [1.165, 1.54) is 7.11 Å². The molecule has 3 fully saturated rings. The molecule has 2 aliphatic carbocycles. The second-order valence-electron chi connectivity index (χ2n) is 6.63. The van der Waals surface area contributed by atoms with Gasteiger partial charge in [0.1, 0.15) is 6.10 Å². The zero-order valence-electron chi connectivity index (χ0n) is 12.5. The molecule has 1 N–H and O–H groups in total. The molecule has 0 spiro atoms. The Kier molecular flexibility index (Phi) is 2.82. The van der Waals surface area contributed by atoms with Gasteiger partial charge in [0.25, 0.3) is 0 Å². The largest absolute Gasteiger partial charge is 0.452 e. The topological polar surface area (TPSA) is 63.2 Å². The molecular weight excluding hydrogens is 362 g/mol. The first-order valence-electron chi connectivity index (χ1n) is 7.82. The fraction of sp³-hybridized carbons (Fsp3) is 0.500. The Labute approximate surface area is 141 Å². The lowest BCUT2D eigenvalue weighted by Crippen LogP contribution is -2.75. The van der Waals surface area contributed by atoms with Crippen molar-refractivity contribution < 1.29 is 14.4 Å². The SMILES string of the molecule is COC(=O)N1N[C@@H]2[C@H]1[C@@H]1C[C@H]2C2C(c3ccc(Br)cc3)=NOC21. The van der Waals surface area contributed by atoms with Crippen molar-refractivity contribution in [2.75, 3.05) is 7.11 Å². The van der Waals surface area contributed by atoms with Gasteiger partial charge in [0.05, 0.1) is 24.9 Å². The third-order valence-corrected chi connectivity index (χ3v) is 6.26. The van der Waals surface area contributed by atoms with Crippen LogP contribution >= 0.6 is 15.9 Å². The van der Waals surface area contributed by atoms with Crippen LogP contribution in [0.3, 0.4) is 0 Å². The number of carbonyl (C=O) groups is 1. The molecule has 1 amide bonds. The molecule has 6 nitrogen and oxygen atoms in total. The molecule has 2 unspecified atom stereocenters. The second kappa shape index (κ2) is 4.70. The minimum atomic E-state index is -0.317. The van der Waals surface area contributed by atoms with Gasteiger partial charge in [0.15, 0.2) is 0 Å². The van der Waals surface area contributed by atoms with Crippen molar-refractivity contribution in [2.24, 2.45) is 22.9 Å². The smallest absolute Gasteiger partial charge is 0.424 e. The normalized spacial score (nSPS) is 39.2. The molecule has 4 aliphatic rings. The minimum absolute atomic E-state index is 0.0779. The highest BCUT2D eigenvalue weighted by Gasteiger charge is 2.69. The summed E-state index contributed by atoms with van der Waals surface area (Å²) in [4.78, 5) is 17.6. The number of amides is 1. The number of nitrogens with one attached hydrogen (secondary N) is 1. The molecule has 0 radical (unpaired) electrons. The highest BCUT2D eigenvalue weighted by molar-refractivity contribution is 9.10. The number of hydrogen-bond donors (Lipinski definition) is 1. The molecule has 7 heteroatoms. The van der Waals surface area contributed by atoms with Gasteiger partial charge in [-0.1, -0.05) is 33.2 Å². The van der Waals surface area contributed by atoms with Crippen LogP contribution in [0.2, 0.25) is 0 Å². The van der Waals surface area contributed by atoms with Crippen molar-refractivity contribution in [1.82, 2.24) is 10.4 Å². The average Bonchev–Trinajstić information content (AvgIpc) is 3.16. The number of nitrogens with zero attached hydrogens (tertiary/aromatic N) is 2. The highest BCUT2D eigenvalue weighted by atomic mass is 79.9. The van der Waals surface area contributed by atoms with Crippen LogP contribution in [-0.4, -0.2) is 42.1 Å². The number of benzene rings is 1. The van der Waals surface area contributed by atoms with Gasteiger partial charge in [0.2, 0.25) is 0 Å². The molecule has 1 saturated heterocycles. The number of carbonyl (C=O) groups excluding carboxylic acids is 1. The Bertz CT molecular complexity index is 707. The van der Waals surface area contributed by atoms with E-state index in [2.05, 4.69) is 38.6 Å².